The monoisotopic (exact) mass is 231 g/mol. The van der Waals surface area contributed by atoms with Gasteiger partial charge in [0.1, 0.15) is 0 Å². The number of carbonyl (C=O) groups excluding carboxylic acids is 1. The molecule has 1 aliphatic carbocycles. The number of nitrogens with one attached hydrogen (secondary N) is 1. The van der Waals surface area contributed by atoms with Gasteiger partial charge in [-0.1, -0.05) is 6.92 Å². The smallest absolute Gasteiger partial charge is 0.224 e. The van der Waals surface area contributed by atoms with Gasteiger partial charge in [0.2, 0.25) is 5.91 Å². The van der Waals surface area contributed by atoms with E-state index in [0.29, 0.717) is 12.3 Å². The summed E-state index contributed by atoms with van der Waals surface area (Å²) in [5.74, 6) is 1.17. The molecular weight excluding hydrogens is 214 g/mol. The fourth-order valence-electron chi connectivity index (χ4n) is 2.06. The first kappa shape index (κ1) is 10.9. The zero-order valence-corrected chi connectivity index (χ0v) is 9.72. The number of sulfone groups is 1. The molecule has 0 aromatic heterocycles. The maximum Gasteiger partial charge on any atom is 0.224 e. The first-order chi connectivity index (χ1) is 6.98. The van der Waals surface area contributed by atoms with E-state index in [9.17, 15) is 13.2 Å². The van der Waals surface area contributed by atoms with Crippen LogP contribution < -0.4 is 5.32 Å². The van der Waals surface area contributed by atoms with E-state index in [1.54, 1.807) is 0 Å². The topological polar surface area (TPSA) is 63.2 Å². The molecule has 2 fully saturated rings. The maximum atomic E-state index is 11.6. The molecule has 1 aliphatic heterocycles. The van der Waals surface area contributed by atoms with Gasteiger partial charge in [-0.05, 0) is 24.7 Å². The minimum Gasteiger partial charge on any atom is -0.356 e. The molecule has 1 saturated heterocycles. The summed E-state index contributed by atoms with van der Waals surface area (Å²) >= 11 is 0. The van der Waals surface area contributed by atoms with Crippen LogP contribution in [0.15, 0.2) is 0 Å². The normalized spacial score (nSPS) is 37.5. The van der Waals surface area contributed by atoms with Crippen LogP contribution in [-0.4, -0.2) is 32.4 Å². The maximum absolute atomic E-state index is 11.6. The molecule has 2 aliphatic rings. The molecule has 0 bridgehead atoms. The number of hydrogen-bond donors (Lipinski definition) is 1. The first-order valence-corrected chi connectivity index (χ1v) is 7.28. The van der Waals surface area contributed by atoms with Crippen LogP contribution >= 0.6 is 0 Å². The van der Waals surface area contributed by atoms with Crippen LogP contribution in [-0.2, 0) is 14.6 Å². The van der Waals surface area contributed by atoms with E-state index in [0.717, 1.165) is 12.5 Å². The van der Waals surface area contributed by atoms with Crippen molar-refractivity contribution in [3.63, 3.8) is 0 Å². The molecule has 3 unspecified atom stereocenters. The second-order valence-corrected chi connectivity index (χ2v) is 7.05. The molecule has 4 nitrogen and oxygen atoms in total. The quantitative estimate of drug-likeness (QED) is 0.754. The van der Waals surface area contributed by atoms with E-state index in [-0.39, 0.29) is 23.3 Å². The molecule has 0 aromatic carbocycles. The fraction of sp³-hybridized carbons (Fsp3) is 0.900. The average Bonchev–Trinajstić information content (AvgIpc) is 2.73. The lowest BCUT2D eigenvalue weighted by atomic mass is 10.1. The Balaban J connectivity index is 1.77. The second kappa shape index (κ2) is 3.77. The second-order valence-electron chi connectivity index (χ2n) is 4.82. The number of hydrogen-bond acceptors (Lipinski definition) is 3. The van der Waals surface area contributed by atoms with Crippen molar-refractivity contribution in [2.75, 3.05) is 18.1 Å². The summed E-state index contributed by atoms with van der Waals surface area (Å²) in [5, 5.41) is 2.85. The Labute approximate surface area is 90.3 Å². The summed E-state index contributed by atoms with van der Waals surface area (Å²) in [6, 6.07) is 0. The predicted octanol–water partition coefficient (Wildman–Crippen LogP) is 0.193. The highest BCUT2D eigenvalue weighted by Gasteiger charge is 2.35. The third-order valence-corrected chi connectivity index (χ3v) is 5.19. The molecule has 1 N–H and O–H groups in total. The highest BCUT2D eigenvalue weighted by molar-refractivity contribution is 7.91. The van der Waals surface area contributed by atoms with Crippen molar-refractivity contribution in [3.05, 3.63) is 0 Å². The molecule has 0 spiro atoms. The van der Waals surface area contributed by atoms with Crippen molar-refractivity contribution in [1.82, 2.24) is 5.32 Å². The Hall–Kier alpha value is -0.580. The molecule has 0 aromatic rings. The van der Waals surface area contributed by atoms with Crippen molar-refractivity contribution in [1.29, 1.82) is 0 Å². The van der Waals surface area contributed by atoms with Gasteiger partial charge in [-0.15, -0.1) is 0 Å². The molecule has 5 heteroatoms. The molecule has 1 saturated carbocycles. The van der Waals surface area contributed by atoms with E-state index in [4.69, 9.17) is 0 Å². The number of rotatable bonds is 3. The van der Waals surface area contributed by atoms with Crippen molar-refractivity contribution in [3.8, 4) is 0 Å². The number of amides is 1. The summed E-state index contributed by atoms with van der Waals surface area (Å²) < 4.78 is 22.3. The molecule has 86 valence electrons. The van der Waals surface area contributed by atoms with Gasteiger partial charge >= 0.3 is 0 Å². The van der Waals surface area contributed by atoms with Gasteiger partial charge in [-0.3, -0.25) is 4.79 Å². The third-order valence-electron chi connectivity index (χ3n) is 3.42. The van der Waals surface area contributed by atoms with Crippen LogP contribution in [0.4, 0.5) is 0 Å². The van der Waals surface area contributed by atoms with E-state index >= 15 is 0 Å². The van der Waals surface area contributed by atoms with Crippen molar-refractivity contribution >= 4 is 15.7 Å². The largest absolute Gasteiger partial charge is 0.356 e. The van der Waals surface area contributed by atoms with Gasteiger partial charge in [0.15, 0.2) is 9.84 Å². The van der Waals surface area contributed by atoms with E-state index in [1.807, 2.05) is 0 Å². The summed E-state index contributed by atoms with van der Waals surface area (Å²) in [6.07, 6.45) is 1.68. The van der Waals surface area contributed by atoms with Gasteiger partial charge in [0.05, 0.1) is 17.4 Å². The Morgan fingerprint density at radius 1 is 1.47 bits per heavy atom. The van der Waals surface area contributed by atoms with Gasteiger partial charge in [0.25, 0.3) is 0 Å². The van der Waals surface area contributed by atoms with Gasteiger partial charge in [-0.25, -0.2) is 8.42 Å². The van der Waals surface area contributed by atoms with Gasteiger partial charge in [-0.2, -0.15) is 0 Å². The average molecular weight is 231 g/mol. The Kier molecular flexibility index (Phi) is 2.75. The van der Waals surface area contributed by atoms with Crippen LogP contribution in [0.5, 0.6) is 0 Å². The zero-order valence-electron chi connectivity index (χ0n) is 8.90. The van der Waals surface area contributed by atoms with Crippen molar-refractivity contribution in [2.45, 2.75) is 19.8 Å². The molecule has 1 amide bonds. The van der Waals surface area contributed by atoms with E-state index in [1.165, 1.54) is 6.42 Å². The summed E-state index contributed by atoms with van der Waals surface area (Å²) in [4.78, 5) is 11.6. The van der Waals surface area contributed by atoms with Crippen LogP contribution in [0.25, 0.3) is 0 Å². The van der Waals surface area contributed by atoms with E-state index in [2.05, 4.69) is 12.2 Å². The minimum absolute atomic E-state index is 0.0407. The Morgan fingerprint density at radius 3 is 2.60 bits per heavy atom. The lowest BCUT2D eigenvalue weighted by Gasteiger charge is -2.08. The SMILES string of the molecule is CC1CC1CNC(=O)C1CCS(=O)(=O)C1. The van der Waals surface area contributed by atoms with Gasteiger partial charge in [0, 0.05) is 6.54 Å². The summed E-state index contributed by atoms with van der Waals surface area (Å²) in [6.45, 7) is 2.88. The Morgan fingerprint density at radius 2 is 2.13 bits per heavy atom. The van der Waals surface area contributed by atoms with Crippen LogP contribution in [0.2, 0.25) is 0 Å². The van der Waals surface area contributed by atoms with Crippen molar-refractivity contribution in [2.24, 2.45) is 17.8 Å². The standard InChI is InChI=1S/C10H17NO3S/c1-7-4-9(7)5-11-10(12)8-2-3-15(13,14)6-8/h7-9H,2-6H2,1H3,(H,11,12). The first-order valence-electron chi connectivity index (χ1n) is 5.46. The van der Waals surface area contributed by atoms with Crippen molar-refractivity contribution < 1.29 is 13.2 Å². The fourth-order valence-corrected chi connectivity index (χ4v) is 3.80. The zero-order chi connectivity index (χ0) is 11.1. The summed E-state index contributed by atoms with van der Waals surface area (Å²) in [7, 11) is -2.94. The van der Waals surface area contributed by atoms with Gasteiger partial charge < -0.3 is 5.32 Å². The predicted molar refractivity (Wildman–Crippen MR) is 57.0 cm³/mol. The van der Waals surface area contributed by atoms with Crippen LogP contribution in [0, 0.1) is 17.8 Å². The highest BCUT2D eigenvalue weighted by Crippen LogP contribution is 2.36. The molecule has 1 heterocycles. The lowest BCUT2D eigenvalue weighted by molar-refractivity contribution is -0.124. The lowest BCUT2D eigenvalue weighted by Crippen LogP contribution is -2.33. The van der Waals surface area contributed by atoms with Crippen LogP contribution in [0.1, 0.15) is 19.8 Å². The summed E-state index contributed by atoms with van der Waals surface area (Å²) in [5.41, 5.74) is 0. The molecule has 15 heavy (non-hydrogen) atoms. The highest BCUT2D eigenvalue weighted by atomic mass is 32.2. The minimum atomic E-state index is -2.94. The Bertz CT molecular complexity index is 363. The van der Waals surface area contributed by atoms with E-state index < -0.39 is 9.84 Å². The molecule has 3 atom stereocenters. The number of carbonyl (C=O) groups is 1. The molecular formula is C10H17NO3S. The molecule has 2 rings (SSSR count). The van der Waals surface area contributed by atoms with Crippen LogP contribution in [0.3, 0.4) is 0 Å². The third kappa shape index (κ3) is 2.71. The molecule has 0 radical (unpaired) electrons.